The number of aryl methyl sites for hydroxylation is 1. The fraction of sp³-hybridized carbons (Fsp3) is 0.417. The molecule has 0 heterocycles. The van der Waals surface area contributed by atoms with Crippen molar-refractivity contribution >= 4 is 46.6 Å². The molecule has 0 spiro atoms. The summed E-state index contributed by atoms with van der Waals surface area (Å²) in [5.41, 5.74) is 1.66. The Hall–Kier alpha value is -1.75. The average Bonchev–Trinajstić information content (AvgIpc) is 3.25. The van der Waals surface area contributed by atoms with Crippen LogP contribution in [0.3, 0.4) is 0 Å². The second-order valence-electron chi connectivity index (χ2n) is 8.01. The Morgan fingerprint density at radius 2 is 1.74 bits per heavy atom. The predicted octanol–water partition coefficient (Wildman–Crippen LogP) is 6.06. The Kier molecular flexibility index (Phi) is 8.65. The molecule has 1 saturated carbocycles. The van der Waals surface area contributed by atoms with E-state index < -0.39 is 6.04 Å². The van der Waals surface area contributed by atoms with Gasteiger partial charge < -0.3 is 10.2 Å². The molecule has 2 aromatic carbocycles. The standard InChI is InChI=1S/C24H27Cl3N2O2/c1-16(24(31)28-20-7-3-4-8-20)29(15-18-10-12-19(25)14-22(18)27)23(30)13-11-17-6-2-5-9-21(17)26/h2,5-6,9-10,12,14,16,20H,3-4,7-8,11,13,15H2,1H3,(H,28,31). The van der Waals surface area contributed by atoms with Crippen molar-refractivity contribution in [3.63, 3.8) is 0 Å². The monoisotopic (exact) mass is 480 g/mol. The highest BCUT2D eigenvalue weighted by molar-refractivity contribution is 6.35. The summed E-state index contributed by atoms with van der Waals surface area (Å²) in [6, 6.07) is 12.2. The highest BCUT2D eigenvalue weighted by Crippen LogP contribution is 2.25. The van der Waals surface area contributed by atoms with Crippen LogP contribution in [0.1, 0.15) is 50.2 Å². The van der Waals surface area contributed by atoms with E-state index in [2.05, 4.69) is 5.32 Å². The van der Waals surface area contributed by atoms with Gasteiger partial charge in [-0.05, 0) is 55.5 Å². The molecule has 0 bridgehead atoms. The van der Waals surface area contributed by atoms with Crippen LogP contribution in [-0.2, 0) is 22.6 Å². The first-order valence-electron chi connectivity index (χ1n) is 10.6. The summed E-state index contributed by atoms with van der Waals surface area (Å²) >= 11 is 18.6. The summed E-state index contributed by atoms with van der Waals surface area (Å²) < 4.78 is 0. The van der Waals surface area contributed by atoms with E-state index in [1.807, 2.05) is 24.3 Å². The fourth-order valence-electron chi connectivity index (χ4n) is 3.89. The molecule has 0 saturated heterocycles. The summed E-state index contributed by atoms with van der Waals surface area (Å²) in [5, 5.41) is 4.73. The highest BCUT2D eigenvalue weighted by atomic mass is 35.5. The lowest BCUT2D eigenvalue weighted by atomic mass is 10.1. The van der Waals surface area contributed by atoms with Crippen LogP contribution in [0.15, 0.2) is 42.5 Å². The number of nitrogens with zero attached hydrogens (tertiary/aromatic N) is 1. The Labute approximate surface area is 198 Å². The fourth-order valence-corrected chi connectivity index (χ4v) is 4.59. The van der Waals surface area contributed by atoms with Crippen LogP contribution in [-0.4, -0.2) is 28.8 Å². The number of carbonyl (C=O) groups is 2. The van der Waals surface area contributed by atoms with Gasteiger partial charge in [0.2, 0.25) is 11.8 Å². The van der Waals surface area contributed by atoms with Gasteiger partial charge in [0.1, 0.15) is 6.04 Å². The second-order valence-corrected chi connectivity index (χ2v) is 9.27. The van der Waals surface area contributed by atoms with Crippen molar-refractivity contribution in [2.45, 2.75) is 64.1 Å². The van der Waals surface area contributed by atoms with Crippen molar-refractivity contribution in [1.82, 2.24) is 10.2 Å². The summed E-state index contributed by atoms with van der Waals surface area (Å²) in [6.07, 6.45) is 4.97. The van der Waals surface area contributed by atoms with Gasteiger partial charge in [-0.15, -0.1) is 0 Å². The molecule has 2 aromatic rings. The third-order valence-corrected chi connectivity index (χ3v) is 6.75. The van der Waals surface area contributed by atoms with E-state index in [0.29, 0.717) is 21.5 Å². The van der Waals surface area contributed by atoms with Gasteiger partial charge >= 0.3 is 0 Å². The molecule has 166 valence electrons. The summed E-state index contributed by atoms with van der Waals surface area (Å²) in [7, 11) is 0. The SMILES string of the molecule is CC(C(=O)NC1CCCC1)N(Cc1ccc(Cl)cc1Cl)C(=O)CCc1ccccc1Cl. The molecule has 0 radical (unpaired) electrons. The van der Waals surface area contributed by atoms with Crippen molar-refractivity contribution in [2.75, 3.05) is 0 Å². The smallest absolute Gasteiger partial charge is 0.242 e. The second kappa shape index (κ2) is 11.2. The normalized spacial score (nSPS) is 15.0. The number of rotatable bonds is 8. The number of halogens is 3. The van der Waals surface area contributed by atoms with Crippen LogP contribution < -0.4 is 5.32 Å². The zero-order chi connectivity index (χ0) is 22.4. The average molecular weight is 482 g/mol. The Morgan fingerprint density at radius 3 is 2.42 bits per heavy atom. The van der Waals surface area contributed by atoms with E-state index in [1.54, 1.807) is 30.0 Å². The maximum Gasteiger partial charge on any atom is 0.242 e. The lowest BCUT2D eigenvalue weighted by molar-refractivity contribution is -0.140. The Bertz CT molecular complexity index is 929. The first kappa shape index (κ1) is 23.9. The largest absolute Gasteiger partial charge is 0.352 e. The predicted molar refractivity (Wildman–Crippen MR) is 127 cm³/mol. The number of amides is 2. The summed E-state index contributed by atoms with van der Waals surface area (Å²) in [6.45, 7) is 2.00. The van der Waals surface area contributed by atoms with Crippen LogP contribution in [0.2, 0.25) is 15.1 Å². The van der Waals surface area contributed by atoms with Crippen molar-refractivity contribution in [3.8, 4) is 0 Å². The lowest BCUT2D eigenvalue weighted by Gasteiger charge is -2.30. The minimum absolute atomic E-state index is 0.125. The Balaban J connectivity index is 1.75. The molecule has 31 heavy (non-hydrogen) atoms. The first-order valence-corrected chi connectivity index (χ1v) is 11.8. The molecule has 3 rings (SSSR count). The third kappa shape index (κ3) is 6.61. The summed E-state index contributed by atoms with van der Waals surface area (Å²) in [4.78, 5) is 27.7. The van der Waals surface area contributed by atoms with Crippen molar-refractivity contribution in [3.05, 3.63) is 68.7 Å². The van der Waals surface area contributed by atoms with E-state index in [1.165, 1.54) is 0 Å². The van der Waals surface area contributed by atoms with Gasteiger partial charge in [0.15, 0.2) is 0 Å². The molecule has 4 nitrogen and oxygen atoms in total. The minimum Gasteiger partial charge on any atom is -0.352 e. The van der Waals surface area contributed by atoms with Crippen molar-refractivity contribution in [1.29, 1.82) is 0 Å². The molecule has 0 aliphatic heterocycles. The van der Waals surface area contributed by atoms with Crippen molar-refractivity contribution < 1.29 is 9.59 Å². The summed E-state index contributed by atoms with van der Waals surface area (Å²) in [5.74, 6) is -0.261. The van der Waals surface area contributed by atoms with Gasteiger partial charge in [-0.25, -0.2) is 0 Å². The molecule has 2 amide bonds. The maximum atomic E-state index is 13.2. The van der Waals surface area contributed by atoms with E-state index in [4.69, 9.17) is 34.8 Å². The van der Waals surface area contributed by atoms with Gasteiger partial charge in [0.25, 0.3) is 0 Å². The third-order valence-electron chi connectivity index (χ3n) is 5.79. The van der Waals surface area contributed by atoms with E-state index in [0.717, 1.165) is 36.8 Å². The number of hydrogen-bond donors (Lipinski definition) is 1. The van der Waals surface area contributed by atoms with Crippen LogP contribution in [0.25, 0.3) is 0 Å². The maximum absolute atomic E-state index is 13.2. The van der Waals surface area contributed by atoms with E-state index in [-0.39, 0.29) is 30.8 Å². The topological polar surface area (TPSA) is 49.4 Å². The first-order chi connectivity index (χ1) is 14.8. The molecule has 1 atom stereocenters. The van der Waals surface area contributed by atoms with Gasteiger partial charge in [-0.2, -0.15) is 0 Å². The van der Waals surface area contributed by atoms with Gasteiger partial charge in [0, 0.05) is 34.1 Å². The van der Waals surface area contributed by atoms with E-state index >= 15 is 0 Å². The van der Waals surface area contributed by atoms with E-state index in [9.17, 15) is 9.59 Å². The van der Waals surface area contributed by atoms with Gasteiger partial charge in [0.05, 0.1) is 0 Å². The highest BCUT2D eigenvalue weighted by Gasteiger charge is 2.28. The molecular weight excluding hydrogens is 455 g/mol. The van der Waals surface area contributed by atoms with Crippen LogP contribution in [0, 0.1) is 0 Å². The zero-order valence-electron chi connectivity index (χ0n) is 17.5. The number of hydrogen-bond acceptors (Lipinski definition) is 2. The number of carbonyl (C=O) groups excluding carboxylic acids is 2. The van der Waals surface area contributed by atoms with Crippen LogP contribution >= 0.6 is 34.8 Å². The number of benzene rings is 2. The molecule has 1 N–H and O–H groups in total. The molecule has 1 fully saturated rings. The number of nitrogens with one attached hydrogen (secondary N) is 1. The van der Waals surface area contributed by atoms with Crippen molar-refractivity contribution in [2.24, 2.45) is 0 Å². The molecule has 1 aliphatic carbocycles. The molecule has 1 aliphatic rings. The minimum atomic E-state index is -0.619. The van der Waals surface area contributed by atoms with Crippen LogP contribution in [0.5, 0.6) is 0 Å². The Morgan fingerprint density at radius 1 is 1.03 bits per heavy atom. The lowest BCUT2D eigenvalue weighted by Crippen LogP contribution is -2.49. The molecule has 7 heteroatoms. The quantitative estimate of drug-likeness (QED) is 0.498. The molecular formula is C24H27Cl3N2O2. The molecule has 0 aromatic heterocycles. The van der Waals surface area contributed by atoms with Crippen LogP contribution in [0.4, 0.5) is 0 Å². The zero-order valence-corrected chi connectivity index (χ0v) is 19.8. The van der Waals surface area contributed by atoms with Gasteiger partial charge in [-0.1, -0.05) is 71.9 Å². The molecule has 1 unspecified atom stereocenters. The van der Waals surface area contributed by atoms with Gasteiger partial charge in [-0.3, -0.25) is 9.59 Å².